The summed E-state index contributed by atoms with van der Waals surface area (Å²) in [4.78, 5) is 12.7. The van der Waals surface area contributed by atoms with Crippen LogP contribution in [0.15, 0.2) is 53.4 Å². The first-order valence-electron chi connectivity index (χ1n) is 10.3. The largest absolute Gasteiger partial charge is 0.322 e. The van der Waals surface area contributed by atoms with Gasteiger partial charge in [0.25, 0.3) is 5.91 Å². The molecule has 1 amide bonds. The van der Waals surface area contributed by atoms with Gasteiger partial charge in [-0.2, -0.15) is 5.10 Å². The fraction of sp³-hybridized carbons (Fsp3) is 0.304. The van der Waals surface area contributed by atoms with E-state index >= 15 is 0 Å². The van der Waals surface area contributed by atoms with Crippen molar-refractivity contribution in [2.45, 2.75) is 42.4 Å². The highest BCUT2D eigenvalue weighted by molar-refractivity contribution is 7.90. The second kappa shape index (κ2) is 7.50. The fourth-order valence-electron chi connectivity index (χ4n) is 3.66. The zero-order valence-electron chi connectivity index (χ0n) is 17.0. The van der Waals surface area contributed by atoms with Crippen LogP contribution in [-0.4, -0.2) is 30.4 Å². The van der Waals surface area contributed by atoms with Crippen molar-refractivity contribution in [1.29, 1.82) is 0 Å². The quantitative estimate of drug-likeness (QED) is 0.571. The summed E-state index contributed by atoms with van der Waals surface area (Å²) in [5, 5.41) is 7.83. The number of hydrogen-bond acceptors (Lipinski definition) is 4. The molecular weight excluding hydrogens is 434 g/mol. The van der Waals surface area contributed by atoms with Gasteiger partial charge in [0.2, 0.25) is 0 Å². The van der Waals surface area contributed by atoms with Crippen LogP contribution < -0.4 is 5.32 Å². The molecule has 31 heavy (non-hydrogen) atoms. The van der Waals surface area contributed by atoms with E-state index in [0.717, 1.165) is 11.9 Å². The second-order valence-electron chi connectivity index (χ2n) is 8.37. The van der Waals surface area contributed by atoms with Crippen LogP contribution in [0.25, 0.3) is 5.69 Å². The van der Waals surface area contributed by atoms with Crippen LogP contribution in [0.5, 0.6) is 0 Å². The van der Waals surface area contributed by atoms with Gasteiger partial charge in [-0.1, -0.05) is 11.6 Å². The summed E-state index contributed by atoms with van der Waals surface area (Å²) in [5.41, 5.74) is 4.12. The molecule has 0 aliphatic heterocycles. The van der Waals surface area contributed by atoms with E-state index in [1.807, 2.05) is 28.9 Å². The minimum absolute atomic E-state index is 0.0511. The Labute approximate surface area is 186 Å². The van der Waals surface area contributed by atoms with Crippen LogP contribution >= 0.6 is 11.6 Å². The van der Waals surface area contributed by atoms with E-state index in [1.54, 1.807) is 0 Å². The van der Waals surface area contributed by atoms with Crippen molar-refractivity contribution in [1.82, 2.24) is 9.78 Å². The minimum atomic E-state index is -3.44. The average molecular weight is 456 g/mol. The van der Waals surface area contributed by atoms with Crippen LogP contribution in [0.4, 0.5) is 5.69 Å². The first-order valence-corrected chi connectivity index (χ1v) is 12.6. The zero-order chi connectivity index (χ0) is 21.8. The van der Waals surface area contributed by atoms with Gasteiger partial charge in [-0.25, -0.2) is 13.1 Å². The maximum absolute atomic E-state index is 12.7. The summed E-state index contributed by atoms with van der Waals surface area (Å²) in [6.07, 6.45) is 5.94. The smallest absolute Gasteiger partial charge is 0.257 e. The molecule has 1 heterocycles. The standard InChI is InChI=1S/C23H22ClN3O3S/c1-31(29,30)18-10-11-20(24)19(12-18)23(28)25-16-6-8-17(9-7-16)27-22(15-4-5-15)13-21(26-27)14-2-3-14/h6-15H,2-5H2,1H3,(H,25,28). The third kappa shape index (κ3) is 4.25. The number of nitrogens with zero attached hydrogens (tertiary/aromatic N) is 2. The monoisotopic (exact) mass is 455 g/mol. The van der Waals surface area contributed by atoms with Gasteiger partial charge in [0, 0.05) is 29.5 Å². The molecule has 2 aromatic carbocycles. The Morgan fingerprint density at radius 2 is 1.71 bits per heavy atom. The van der Waals surface area contributed by atoms with Gasteiger partial charge >= 0.3 is 0 Å². The van der Waals surface area contributed by atoms with E-state index < -0.39 is 15.7 Å². The van der Waals surface area contributed by atoms with E-state index in [4.69, 9.17) is 16.7 Å². The lowest BCUT2D eigenvalue weighted by Crippen LogP contribution is -2.13. The van der Waals surface area contributed by atoms with E-state index in [-0.39, 0.29) is 15.5 Å². The molecule has 0 unspecified atom stereocenters. The molecule has 0 radical (unpaired) electrons. The number of nitrogens with one attached hydrogen (secondary N) is 1. The number of carbonyl (C=O) groups excluding carboxylic acids is 1. The van der Waals surface area contributed by atoms with Crippen LogP contribution in [0.3, 0.4) is 0 Å². The second-order valence-corrected chi connectivity index (χ2v) is 10.8. The van der Waals surface area contributed by atoms with E-state index in [0.29, 0.717) is 17.5 Å². The number of hydrogen-bond donors (Lipinski definition) is 1. The Balaban J connectivity index is 1.37. The highest BCUT2D eigenvalue weighted by Crippen LogP contribution is 2.45. The maximum Gasteiger partial charge on any atom is 0.257 e. The number of aromatic nitrogens is 2. The third-order valence-corrected chi connectivity index (χ3v) is 7.17. The SMILES string of the molecule is CS(=O)(=O)c1ccc(Cl)c(C(=O)Nc2ccc(-n3nc(C4CC4)cc3C3CC3)cc2)c1. The fourth-order valence-corrected chi connectivity index (χ4v) is 4.51. The van der Waals surface area contributed by atoms with Gasteiger partial charge in [-0.3, -0.25) is 4.79 Å². The zero-order valence-corrected chi connectivity index (χ0v) is 18.6. The van der Waals surface area contributed by atoms with E-state index in [9.17, 15) is 13.2 Å². The van der Waals surface area contributed by atoms with Crippen molar-refractivity contribution < 1.29 is 13.2 Å². The highest BCUT2D eigenvalue weighted by atomic mass is 35.5. The molecule has 1 N–H and O–H groups in total. The van der Waals surface area contributed by atoms with Crippen molar-refractivity contribution in [3.8, 4) is 5.69 Å². The maximum atomic E-state index is 12.7. The van der Waals surface area contributed by atoms with Gasteiger partial charge in [0.15, 0.2) is 9.84 Å². The molecule has 5 rings (SSSR count). The van der Waals surface area contributed by atoms with Crippen LogP contribution in [0.2, 0.25) is 5.02 Å². The molecule has 6 nitrogen and oxygen atoms in total. The van der Waals surface area contributed by atoms with Crippen molar-refractivity contribution in [3.05, 3.63) is 70.5 Å². The summed E-state index contributed by atoms with van der Waals surface area (Å²) in [5.74, 6) is 0.727. The number of rotatable bonds is 6. The van der Waals surface area contributed by atoms with Gasteiger partial charge in [-0.15, -0.1) is 0 Å². The molecule has 160 valence electrons. The van der Waals surface area contributed by atoms with Gasteiger partial charge in [-0.05, 0) is 74.2 Å². The van der Waals surface area contributed by atoms with Crippen molar-refractivity contribution >= 4 is 33.0 Å². The van der Waals surface area contributed by atoms with Crippen molar-refractivity contribution in [2.24, 2.45) is 0 Å². The van der Waals surface area contributed by atoms with E-state index in [1.165, 1.54) is 55.3 Å². The number of benzene rings is 2. The summed E-state index contributed by atoms with van der Waals surface area (Å²) >= 11 is 6.13. The molecule has 1 aromatic heterocycles. The predicted molar refractivity (Wildman–Crippen MR) is 120 cm³/mol. The molecule has 8 heteroatoms. The molecule has 0 spiro atoms. The van der Waals surface area contributed by atoms with Crippen molar-refractivity contribution in [2.75, 3.05) is 11.6 Å². The lowest BCUT2D eigenvalue weighted by Gasteiger charge is -2.10. The molecule has 2 fully saturated rings. The van der Waals surface area contributed by atoms with Gasteiger partial charge in [0.05, 0.1) is 26.9 Å². The molecule has 0 saturated heterocycles. The van der Waals surface area contributed by atoms with Crippen LogP contribution in [-0.2, 0) is 9.84 Å². The lowest BCUT2D eigenvalue weighted by molar-refractivity contribution is 0.102. The van der Waals surface area contributed by atoms with Crippen molar-refractivity contribution in [3.63, 3.8) is 0 Å². The molecule has 3 aromatic rings. The number of amides is 1. The summed E-state index contributed by atoms with van der Waals surface area (Å²) < 4.78 is 25.6. The van der Waals surface area contributed by atoms with Gasteiger partial charge in [0.1, 0.15) is 0 Å². The average Bonchev–Trinajstić information content (AvgIpc) is 3.66. The first kappa shape index (κ1) is 20.3. The Morgan fingerprint density at radius 1 is 1.03 bits per heavy atom. The molecule has 2 aliphatic rings. The number of halogens is 1. The van der Waals surface area contributed by atoms with Crippen LogP contribution in [0.1, 0.15) is 59.3 Å². The molecule has 0 atom stereocenters. The Hall–Kier alpha value is -2.64. The lowest BCUT2D eigenvalue weighted by atomic mass is 10.2. The summed E-state index contributed by atoms with van der Waals surface area (Å²) in [7, 11) is -3.44. The Kier molecular flexibility index (Phi) is 4.90. The normalized spacial score (nSPS) is 16.3. The molecule has 0 bridgehead atoms. The molecular formula is C23H22ClN3O3S. The van der Waals surface area contributed by atoms with Gasteiger partial charge < -0.3 is 5.32 Å². The van der Waals surface area contributed by atoms with E-state index in [2.05, 4.69) is 11.4 Å². The number of sulfone groups is 1. The topological polar surface area (TPSA) is 81.1 Å². The van der Waals surface area contributed by atoms with Crippen LogP contribution in [0, 0.1) is 0 Å². The summed E-state index contributed by atoms with van der Waals surface area (Å²) in [6, 6.07) is 13.9. The minimum Gasteiger partial charge on any atom is -0.322 e. The molecule has 2 saturated carbocycles. The third-order valence-electron chi connectivity index (χ3n) is 5.73. The predicted octanol–water partition coefficient (Wildman–Crippen LogP) is 4.94. The molecule has 2 aliphatic carbocycles. The number of anilines is 1. The Morgan fingerprint density at radius 3 is 2.32 bits per heavy atom. The first-order chi connectivity index (χ1) is 14.8. The highest BCUT2D eigenvalue weighted by Gasteiger charge is 2.32. The Bertz CT molecular complexity index is 1270. The number of carbonyl (C=O) groups is 1. The summed E-state index contributed by atoms with van der Waals surface area (Å²) in [6.45, 7) is 0.